The van der Waals surface area contributed by atoms with Crippen LogP contribution in [-0.2, 0) is 13.0 Å². The predicted molar refractivity (Wildman–Crippen MR) is 66.3 cm³/mol. The predicted octanol–water partition coefficient (Wildman–Crippen LogP) is 1.87. The van der Waals surface area contributed by atoms with Crippen molar-refractivity contribution in [2.45, 2.75) is 25.8 Å². The first kappa shape index (κ1) is 10.2. The summed E-state index contributed by atoms with van der Waals surface area (Å²) in [4.78, 5) is 11.8. The topological polar surface area (TPSA) is 39.8 Å². The molecule has 0 saturated carbocycles. The van der Waals surface area contributed by atoms with Gasteiger partial charge in [0.25, 0.3) is 5.56 Å². The molecule has 6 heteroatoms. The van der Waals surface area contributed by atoms with Crippen molar-refractivity contribution in [3.05, 3.63) is 28.2 Å². The molecule has 0 radical (unpaired) electrons. The standard InChI is InChI=1S/C10H9FIN3O/c11-9-8-6(5-13-15(12)10(8)16)7-3-1-2-4-14(7)9/h5H,1-4H2. The highest BCUT2D eigenvalue weighted by atomic mass is 127. The maximum Gasteiger partial charge on any atom is 0.288 e. The molecule has 84 valence electrons. The molecule has 1 aliphatic rings. The van der Waals surface area contributed by atoms with Gasteiger partial charge in [0.1, 0.15) is 5.39 Å². The first-order chi connectivity index (χ1) is 7.70. The van der Waals surface area contributed by atoms with Gasteiger partial charge in [0.2, 0.25) is 5.95 Å². The molecule has 0 fully saturated rings. The van der Waals surface area contributed by atoms with E-state index in [-0.39, 0.29) is 10.9 Å². The third-order valence-corrected chi connectivity index (χ3v) is 3.75. The van der Waals surface area contributed by atoms with Crippen LogP contribution in [0.4, 0.5) is 4.39 Å². The van der Waals surface area contributed by atoms with Crippen molar-refractivity contribution >= 4 is 33.6 Å². The zero-order chi connectivity index (χ0) is 11.3. The average Bonchev–Trinajstić information content (AvgIpc) is 2.59. The average molecular weight is 333 g/mol. The quantitative estimate of drug-likeness (QED) is 0.691. The molecule has 0 aromatic carbocycles. The molecule has 16 heavy (non-hydrogen) atoms. The minimum atomic E-state index is -0.400. The van der Waals surface area contributed by atoms with Crippen molar-refractivity contribution < 1.29 is 4.39 Å². The number of hydrogen-bond acceptors (Lipinski definition) is 2. The van der Waals surface area contributed by atoms with Gasteiger partial charge in [-0.3, -0.25) is 4.79 Å². The molecule has 4 nitrogen and oxygen atoms in total. The van der Waals surface area contributed by atoms with Gasteiger partial charge < -0.3 is 4.57 Å². The Bertz CT molecular complexity index is 631. The SMILES string of the molecule is O=c1c2c(F)n3c(c2cnn1I)CCCC3. The van der Waals surface area contributed by atoms with Crippen LogP contribution in [-0.4, -0.2) is 12.6 Å². The molecule has 2 aromatic rings. The van der Waals surface area contributed by atoms with E-state index in [4.69, 9.17) is 0 Å². The molecule has 0 saturated heterocycles. The number of rotatable bonds is 0. The second kappa shape index (κ2) is 3.54. The summed E-state index contributed by atoms with van der Waals surface area (Å²) in [5.74, 6) is -0.400. The Kier molecular flexibility index (Phi) is 2.27. The van der Waals surface area contributed by atoms with Gasteiger partial charge in [0, 0.05) is 17.6 Å². The molecule has 0 unspecified atom stereocenters. The summed E-state index contributed by atoms with van der Waals surface area (Å²) in [6.07, 6.45) is 4.43. The highest BCUT2D eigenvalue weighted by Crippen LogP contribution is 2.27. The lowest BCUT2D eigenvalue weighted by atomic mass is 10.1. The van der Waals surface area contributed by atoms with Gasteiger partial charge in [0.05, 0.1) is 29.1 Å². The molecule has 2 aromatic heterocycles. The van der Waals surface area contributed by atoms with Crippen molar-refractivity contribution in [2.24, 2.45) is 0 Å². The van der Waals surface area contributed by atoms with Crippen LogP contribution >= 0.6 is 22.9 Å². The summed E-state index contributed by atoms with van der Waals surface area (Å²) in [5, 5.41) is 4.80. The molecular weight excluding hydrogens is 324 g/mol. The van der Waals surface area contributed by atoms with Gasteiger partial charge in [0.15, 0.2) is 0 Å². The van der Waals surface area contributed by atoms with Crippen LogP contribution in [0, 0.1) is 5.95 Å². The Morgan fingerprint density at radius 3 is 3.06 bits per heavy atom. The van der Waals surface area contributed by atoms with E-state index in [9.17, 15) is 9.18 Å². The van der Waals surface area contributed by atoms with Crippen LogP contribution < -0.4 is 5.56 Å². The lowest BCUT2D eigenvalue weighted by molar-refractivity contribution is 0.443. The maximum absolute atomic E-state index is 14.1. The summed E-state index contributed by atoms with van der Waals surface area (Å²) >= 11 is 1.77. The summed E-state index contributed by atoms with van der Waals surface area (Å²) in [7, 11) is 0. The number of halogens is 2. The Balaban J connectivity index is 2.49. The number of hydrogen-bond donors (Lipinski definition) is 0. The van der Waals surface area contributed by atoms with Crippen molar-refractivity contribution in [2.75, 3.05) is 0 Å². The van der Waals surface area contributed by atoms with Crippen molar-refractivity contribution in [3.8, 4) is 0 Å². The third kappa shape index (κ3) is 1.25. The van der Waals surface area contributed by atoms with Gasteiger partial charge >= 0.3 is 0 Å². The van der Waals surface area contributed by atoms with Crippen LogP contribution in [0.1, 0.15) is 18.5 Å². The summed E-state index contributed by atoms with van der Waals surface area (Å²) < 4.78 is 16.8. The van der Waals surface area contributed by atoms with Gasteiger partial charge in [-0.25, -0.2) is 0 Å². The van der Waals surface area contributed by atoms with E-state index in [1.807, 2.05) is 0 Å². The molecule has 0 aliphatic carbocycles. The van der Waals surface area contributed by atoms with E-state index >= 15 is 0 Å². The Morgan fingerprint density at radius 1 is 1.44 bits per heavy atom. The zero-order valence-corrected chi connectivity index (χ0v) is 10.6. The summed E-state index contributed by atoms with van der Waals surface area (Å²) in [6, 6.07) is 0. The Hall–Kier alpha value is -0.920. The summed E-state index contributed by atoms with van der Waals surface area (Å²) in [5.41, 5.74) is 0.554. The molecule has 3 heterocycles. The van der Waals surface area contributed by atoms with Gasteiger partial charge in [-0.2, -0.15) is 12.4 Å². The first-order valence-electron chi connectivity index (χ1n) is 5.15. The third-order valence-electron chi connectivity index (χ3n) is 3.06. The number of nitrogens with zero attached hydrogens (tertiary/aromatic N) is 3. The molecule has 0 spiro atoms. The second-order valence-corrected chi connectivity index (χ2v) is 4.86. The van der Waals surface area contributed by atoms with E-state index in [1.54, 1.807) is 33.6 Å². The Labute approximate surface area is 105 Å². The highest BCUT2D eigenvalue weighted by molar-refractivity contribution is 14.1. The maximum atomic E-state index is 14.1. The van der Waals surface area contributed by atoms with E-state index < -0.39 is 5.95 Å². The van der Waals surface area contributed by atoms with Crippen molar-refractivity contribution in [3.63, 3.8) is 0 Å². The van der Waals surface area contributed by atoms with Gasteiger partial charge in [-0.05, 0) is 19.3 Å². The van der Waals surface area contributed by atoms with Gasteiger partial charge in [-0.15, -0.1) is 0 Å². The van der Waals surface area contributed by atoms with Crippen LogP contribution in [0.2, 0.25) is 0 Å². The fourth-order valence-electron chi connectivity index (χ4n) is 2.31. The molecule has 0 amide bonds. The normalized spacial score (nSPS) is 15.4. The minimum absolute atomic E-state index is 0.182. The molecule has 1 aliphatic heterocycles. The molecule has 0 N–H and O–H groups in total. The monoisotopic (exact) mass is 333 g/mol. The minimum Gasteiger partial charge on any atom is -0.321 e. The molecule has 0 bridgehead atoms. The van der Waals surface area contributed by atoms with Crippen LogP contribution in [0.3, 0.4) is 0 Å². The lowest BCUT2D eigenvalue weighted by Gasteiger charge is -2.14. The van der Waals surface area contributed by atoms with E-state index in [0.717, 1.165) is 27.9 Å². The van der Waals surface area contributed by atoms with Crippen LogP contribution in [0.5, 0.6) is 0 Å². The van der Waals surface area contributed by atoms with E-state index in [1.165, 1.54) is 0 Å². The number of fused-ring (bicyclic) bond motifs is 3. The van der Waals surface area contributed by atoms with Gasteiger partial charge in [-0.1, -0.05) is 0 Å². The van der Waals surface area contributed by atoms with Crippen LogP contribution in [0.15, 0.2) is 11.0 Å². The number of aromatic nitrogens is 3. The highest BCUT2D eigenvalue weighted by Gasteiger charge is 2.22. The van der Waals surface area contributed by atoms with Crippen molar-refractivity contribution in [1.29, 1.82) is 0 Å². The zero-order valence-electron chi connectivity index (χ0n) is 8.41. The lowest BCUT2D eigenvalue weighted by Crippen LogP contribution is -2.15. The fraction of sp³-hybridized carbons (Fsp3) is 0.400. The molecule has 0 atom stereocenters. The van der Waals surface area contributed by atoms with E-state index in [2.05, 4.69) is 5.10 Å². The smallest absolute Gasteiger partial charge is 0.288 e. The second-order valence-electron chi connectivity index (χ2n) is 3.94. The van der Waals surface area contributed by atoms with Crippen molar-refractivity contribution in [1.82, 2.24) is 12.6 Å². The first-order valence-corrected chi connectivity index (χ1v) is 6.11. The summed E-state index contributed by atoms with van der Waals surface area (Å²) in [6.45, 7) is 0.663. The number of aryl methyl sites for hydroxylation is 1. The molecular formula is C10H9FIN3O. The fourth-order valence-corrected chi connectivity index (χ4v) is 2.68. The molecule has 3 rings (SSSR count). The largest absolute Gasteiger partial charge is 0.321 e. The van der Waals surface area contributed by atoms with E-state index in [0.29, 0.717) is 11.9 Å². The Morgan fingerprint density at radius 2 is 2.25 bits per heavy atom. The van der Waals surface area contributed by atoms with Crippen LogP contribution in [0.25, 0.3) is 10.8 Å².